The topological polar surface area (TPSA) is 75.6 Å². The average Bonchev–Trinajstić information content (AvgIpc) is 2.70. The Bertz CT molecular complexity index is 860. The average molecular weight is 424 g/mol. The summed E-state index contributed by atoms with van der Waals surface area (Å²) >= 11 is 5.86. The first-order valence-corrected chi connectivity index (χ1v) is 11.3. The SMILES string of the molecule is O=S(=O)(NCC1(Cc2ccc(CCO)cc2)CCOCC1)c1ccc(Cl)cc1. The summed E-state index contributed by atoms with van der Waals surface area (Å²) in [6.07, 6.45) is 3.02. The van der Waals surface area contributed by atoms with Crippen LogP contribution >= 0.6 is 11.6 Å². The highest BCUT2D eigenvalue weighted by Gasteiger charge is 2.34. The Labute approximate surface area is 171 Å². The van der Waals surface area contributed by atoms with Gasteiger partial charge in [0, 0.05) is 31.4 Å². The second-order valence-corrected chi connectivity index (χ2v) is 9.56. The first kappa shape index (κ1) is 21.3. The zero-order valence-electron chi connectivity index (χ0n) is 15.7. The molecule has 2 aromatic carbocycles. The van der Waals surface area contributed by atoms with Gasteiger partial charge in [-0.25, -0.2) is 13.1 Å². The van der Waals surface area contributed by atoms with Gasteiger partial charge in [-0.05, 0) is 66.5 Å². The minimum absolute atomic E-state index is 0.132. The van der Waals surface area contributed by atoms with Crippen LogP contribution in [0.4, 0.5) is 0 Å². The number of halogens is 1. The van der Waals surface area contributed by atoms with Gasteiger partial charge in [-0.2, -0.15) is 0 Å². The zero-order chi connectivity index (χ0) is 20.0. The van der Waals surface area contributed by atoms with E-state index in [0.29, 0.717) is 31.2 Å². The second-order valence-electron chi connectivity index (χ2n) is 7.36. The van der Waals surface area contributed by atoms with Gasteiger partial charge in [-0.15, -0.1) is 0 Å². The second kappa shape index (κ2) is 9.37. The van der Waals surface area contributed by atoms with Crippen molar-refractivity contribution in [2.75, 3.05) is 26.4 Å². The van der Waals surface area contributed by atoms with Gasteiger partial charge in [0.05, 0.1) is 4.90 Å². The standard InChI is InChI=1S/C21H26ClNO4S/c22-19-5-7-20(8-6-19)28(25,26)23-16-21(10-13-27-14-11-21)15-18-3-1-17(2-4-18)9-12-24/h1-8,23-24H,9-16H2. The fourth-order valence-corrected chi connectivity index (χ4v) is 4.83. The summed E-state index contributed by atoms with van der Waals surface area (Å²) in [6, 6.07) is 14.4. The molecule has 1 fully saturated rings. The minimum Gasteiger partial charge on any atom is -0.396 e. The fourth-order valence-electron chi connectivity index (χ4n) is 3.55. The Morgan fingerprint density at radius 2 is 1.61 bits per heavy atom. The molecule has 3 rings (SSSR count). The molecular weight excluding hydrogens is 398 g/mol. The maximum atomic E-state index is 12.7. The molecule has 5 nitrogen and oxygen atoms in total. The summed E-state index contributed by atoms with van der Waals surface area (Å²) in [5.41, 5.74) is 2.07. The van der Waals surface area contributed by atoms with Crippen LogP contribution in [0, 0.1) is 5.41 Å². The molecule has 2 N–H and O–H groups in total. The summed E-state index contributed by atoms with van der Waals surface area (Å²) in [7, 11) is -3.60. The van der Waals surface area contributed by atoms with Gasteiger partial charge in [0.25, 0.3) is 0 Å². The number of nitrogens with one attached hydrogen (secondary N) is 1. The number of aliphatic hydroxyl groups excluding tert-OH is 1. The van der Waals surface area contributed by atoms with Crippen molar-refractivity contribution in [3.63, 3.8) is 0 Å². The maximum Gasteiger partial charge on any atom is 0.240 e. The molecule has 0 atom stereocenters. The largest absolute Gasteiger partial charge is 0.396 e. The predicted molar refractivity (Wildman–Crippen MR) is 110 cm³/mol. The van der Waals surface area contributed by atoms with Crippen LogP contribution in [0.15, 0.2) is 53.4 Å². The Balaban J connectivity index is 1.73. The molecule has 0 saturated carbocycles. The van der Waals surface area contributed by atoms with E-state index in [2.05, 4.69) is 16.9 Å². The molecule has 1 heterocycles. The van der Waals surface area contributed by atoms with Crippen LogP contribution in [-0.4, -0.2) is 39.9 Å². The third-order valence-electron chi connectivity index (χ3n) is 5.32. The number of hydrogen-bond donors (Lipinski definition) is 2. The smallest absolute Gasteiger partial charge is 0.240 e. The lowest BCUT2D eigenvalue weighted by Gasteiger charge is -2.37. The van der Waals surface area contributed by atoms with Crippen LogP contribution in [0.1, 0.15) is 24.0 Å². The highest BCUT2D eigenvalue weighted by Crippen LogP contribution is 2.34. The molecule has 7 heteroatoms. The van der Waals surface area contributed by atoms with Crippen LogP contribution in [0.3, 0.4) is 0 Å². The molecule has 0 radical (unpaired) electrons. The van der Waals surface area contributed by atoms with Gasteiger partial charge in [0.2, 0.25) is 10.0 Å². The van der Waals surface area contributed by atoms with Crippen LogP contribution in [-0.2, 0) is 27.6 Å². The van der Waals surface area contributed by atoms with Crippen molar-refractivity contribution in [1.29, 1.82) is 0 Å². The number of aliphatic hydroxyl groups is 1. The summed E-state index contributed by atoms with van der Waals surface area (Å²) < 4.78 is 33.7. The molecule has 1 aliphatic heterocycles. The lowest BCUT2D eigenvalue weighted by Crippen LogP contribution is -2.42. The van der Waals surface area contributed by atoms with Crippen molar-refractivity contribution in [3.05, 3.63) is 64.7 Å². The molecule has 0 aromatic heterocycles. The monoisotopic (exact) mass is 423 g/mol. The molecule has 0 spiro atoms. The number of rotatable bonds is 8. The van der Waals surface area contributed by atoms with E-state index in [0.717, 1.165) is 30.4 Å². The van der Waals surface area contributed by atoms with Crippen molar-refractivity contribution in [3.8, 4) is 0 Å². The van der Waals surface area contributed by atoms with E-state index < -0.39 is 10.0 Å². The van der Waals surface area contributed by atoms with Crippen molar-refractivity contribution in [1.82, 2.24) is 4.72 Å². The number of ether oxygens (including phenoxy) is 1. The predicted octanol–water partition coefficient (Wildman–Crippen LogP) is 3.19. The summed E-state index contributed by atoms with van der Waals surface area (Å²) in [5.74, 6) is 0. The highest BCUT2D eigenvalue weighted by molar-refractivity contribution is 7.89. The van der Waals surface area contributed by atoms with E-state index in [-0.39, 0.29) is 16.9 Å². The molecule has 0 unspecified atom stereocenters. The Hall–Kier alpha value is -1.44. The zero-order valence-corrected chi connectivity index (χ0v) is 17.3. The van der Waals surface area contributed by atoms with E-state index in [1.807, 2.05) is 12.1 Å². The molecule has 2 aromatic rings. The molecule has 0 bridgehead atoms. The third-order valence-corrected chi connectivity index (χ3v) is 6.99. The van der Waals surface area contributed by atoms with Crippen LogP contribution in [0.25, 0.3) is 0 Å². The Morgan fingerprint density at radius 1 is 1.00 bits per heavy atom. The van der Waals surface area contributed by atoms with E-state index in [4.69, 9.17) is 21.4 Å². The normalized spacial score (nSPS) is 16.8. The van der Waals surface area contributed by atoms with Gasteiger partial charge in [0.15, 0.2) is 0 Å². The van der Waals surface area contributed by atoms with Gasteiger partial charge < -0.3 is 9.84 Å². The first-order valence-electron chi connectivity index (χ1n) is 9.44. The molecular formula is C21H26ClNO4S. The summed E-state index contributed by atoms with van der Waals surface area (Å²) in [6.45, 7) is 1.75. The lowest BCUT2D eigenvalue weighted by molar-refractivity contribution is 0.0174. The van der Waals surface area contributed by atoms with E-state index in [9.17, 15) is 8.42 Å². The Kier molecular flexibility index (Phi) is 7.12. The van der Waals surface area contributed by atoms with Crippen molar-refractivity contribution in [2.24, 2.45) is 5.41 Å². The van der Waals surface area contributed by atoms with Crippen molar-refractivity contribution >= 4 is 21.6 Å². The van der Waals surface area contributed by atoms with E-state index in [1.165, 1.54) is 12.1 Å². The van der Waals surface area contributed by atoms with Crippen LogP contribution in [0.2, 0.25) is 5.02 Å². The van der Waals surface area contributed by atoms with Crippen LogP contribution < -0.4 is 4.72 Å². The molecule has 28 heavy (non-hydrogen) atoms. The molecule has 1 aliphatic rings. The van der Waals surface area contributed by atoms with Gasteiger partial charge in [0.1, 0.15) is 0 Å². The van der Waals surface area contributed by atoms with Crippen LogP contribution in [0.5, 0.6) is 0 Å². The third kappa shape index (κ3) is 5.55. The number of benzene rings is 2. The van der Waals surface area contributed by atoms with Gasteiger partial charge in [-0.3, -0.25) is 0 Å². The van der Waals surface area contributed by atoms with Gasteiger partial charge >= 0.3 is 0 Å². The minimum atomic E-state index is -3.60. The van der Waals surface area contributed by atoms with Crippen molar-refractivity contribution in [2.45, 2.75) is 30.6 Å². The lowest BCUT2D eigenvalue weighted by atomic mass is 9.75. The molecule has 1 saturated heterocycles. The van der Waals surface area contributed by atoms with E-state index in [1.54, 1.807) is 12.1 Å². The van der Waals surface area contributed by atoms with Gasteiger partial charge in [-0.1, -0.05) is 35.9 Å². The molecule has 152 valence electrons. The molecule has 0 aliphatic carbocycles. The molecule has 0 amide bonds. The number of sulfonamides is 1. The Morgan fingerprint density at radius 3 is 2.21 bits per heavy atom. The van der Waals surface area contributed by atoms with E-state index >= 15 is 0 Å². The summed E-state index contributed by atoms with van der Waals surface area (Å²) in [4.78, 5) is 0.215. The number of hydrogen-bond acceptors (Lipinski definition) is 4. The quantitative estimate of drug-likeness (QED) is 0.683. The maximum absolute atomic E-state index is 12.7. The fraction of sp³-hybridized carbons (Fsp3) is 0.429. The first-order chi connectivity index (χ1) is 13.4. The highest BCUT2D eigenvalue weighted by atomic mass is 35.5. The van der Waals surface area contributed by atoms with Crippen molar-refractivity contribution < 1.29 is 18.3 Å². The summed E-state index contributed by atoms with van der Waals surface area (Å²) in [5, 5.41) is 9.56.